The van der Waals surface area contributed by atoms with Gasteiger partial charge >= 0.3 is 0 Å². The van der Waals surface area contributed by atoms with Crippen molar-refractivity contribution in [2.75, 3.05) is 26.3 Å². The molecule has 1 aromatic heterocycles. The van der Waals surface area contributed by atoms with Crippen LogP contribution in [-0.4, -0.2) is 42.1 Å². The van der Waals surface area contributed by atoms with Gasteiger partial charge in [0.05, 0.1) is 5.52 Å². The van der Waals surface area contributed by atoms with Crippen molar-refractivity contribution >= 4 is 16.8 Å². The molecule has 1 amide bonds. The van der Waals surface area contributed by atoms with Crippen LogP contribution in [0.5, 0.6) is 0 Å². The van der Waals surface area contributed by atoms with Gasteiger partial charge in [-0.25, -0.2) is 0 Å². The van der Waals surface area contributed by atoms with Crippen LogP contribution in [0.1, 0.15) is 44.1 Å². The first kappa shape index (κ1) is 18.4. The highest BCUT2D eigenvalue weighted by Gasteiger charge is 2.24. The van der Waals surface area contributed by atoms with E-state index in [0.717, 1.165) is 63.9 Å². The van der Waals surface area contributed by atoms with Gasteiger partial charge in [-0.15, -0.1) is 0 Å². The molecular formula is C23H30N2O2. The Hall–Kier alpha value is -1.94. The molecule has 144 valence electrons. The fourth-order valence-electron chi connectivity index (χ4n) is 4.51. The first-order chi connectivity index (χ1) is 13.3. The Labute approximate surface area is 161 Å². The summed E-state index contributed by atoms with van der Waals surface area (Å²) in [6.07, 6.45) is 9.31. The summed E-state index contributed by atoms with van der Waals surface area (Å²) in [7, 11) is 0. The quantitative estimate of drug-likeness (QED) is 0.813. The largest absolute Gasteiger partial charge is 0.381 e. The lowest BCUT2D eigenvalue weighted by Gasteiger charge is -2.26. The molecule has 2 aliphatic rings. The Balaban J connectivity index is 1.31. The fraction of sp³-hybridized carbons (Fsp3) is 0.565. The molecule has 2 saturated heterocycles. The molecule has 4 rings (SSSR count). The zero-order valence-electron chi connectivity index (χ0n) is 16.1. The number of hydrogen-bond donors (Lipinski definition) is 0. The van der Waals surface area contributed by atoms with Crippen LogP contribution in [0.25, 0.3) is 10.9 Å². The van der Waals surface area contributed by atoms with E-state index in [0.29, 0.717) is 24.2 Å². The van der Waals surface area contributed by atoms with Crippen LogP contribution in [0.3, 0.4) is 0 Å². The third kappa shape index (κ3) is 4.86. The second-order valence-electron chi connectivity index (χ2n) is 8.18. The highest BCUT2D eigenvalue weighted by Crippen LogP contribution is 2.25. The number of benzene rings is 1. The Bertz CT molecular complexity index is 770. The molecule has 4 nitrogen and oxygen atoms in total. The molecule has 0 spiro atoms. The molecule has 27 heavy (non-hydrogen) atoms. The number of ether oxygens (including phenoxy) is 1. The maximum absolute atomic E-state index is 12.7. The Morgan fingerprint density at radius 1 is 1.07 bits per heavy atom. The minimum Gasteiger partial charge on any atom is -0.381 e. The van der Waals surface area contributed by atoms with Gasteiger partial charge in [-0.2, -0.15) is 0 Å². The van der Waals surface area contributed by atoms with E-state index in [4.69, 9.17) is 4.74 Å². The number of pyridine rings is 1. The van der Waals surface area contributed by atoms with Gasteiger partial charge in [0.25, 0.3) is 0 Å². The summed E-state index contributed by atoms with van der Waals surface area (Å²) in [5.41, 5.74) is 2.38. The molecule has 1 aromatic carbocycles. The highest BCUT2D eigenvalue weighted by atomic mass is 16.5. The van der Waals surface area contributed by atoms with E-state index in [1.807, 2.05) is 12.3 Å². The normalized spacial score (nSPS) is 21.9. The lowest BCUT2D eigenvalue weighted by molar-refractivity contribution is -0.132. The first-order valence-corrected chi connectivity index (χ1v) is 10.5. The predicted molar refractivity (Wildman–Crippen MR) is 108 cm³/mol. The molecule has 0 saturated carbocycles. The van der Waals surface area contributed by atoms with Crippen molar-refractivity contribution in [3.63, 3.8) is 0 Å². The third-order valence-electron chi connectivity index (χ3n) is 6.18. The fourth-order valence-corrected chi connectivity index (χ4v) is 4.51. The van der Waals surface area contributed by atoms with Gasteiger partial charge in [0.2, 0.25) is 5.91 Å². The van der Waals surface area contributed by atoms with Crippen LogP contribution >= 0.6 is 0 Å². The van der Waals surface area contributed by atoms with Crippen LogP contribution < -0.4 is 0 Å². The van der Waals surface area contributed by atoms with Gasteiger partial charge in [0.1, 0.15) is 0 Å². The number of para-hydroxylation sites is 1. The average molecular weight is 367 g/mol. The highest BCUT2D eigenvalue weighted by molar-refractivity contribution is 5.78. The van der Waals surface area contributed by atoms with Crippen molar-refractivity contribution in [2.45, 2.75) is 44.9 Å². The summed E-state index contributed by atoms with van der Waals surface area (Å²) < 4.78 is 5.41. The second kappa shape index (κ2) is 8.83. The zero-order chi connectivity index (χ0) is 18.5. The first-order valence-electron chi connectivity index (χ1n) is 10.5. The molecule has 2 aliphatic heterocycles. The Kier molecular flexibility index (Phi) is 6.03. The summed E-state index contributed by atoms with van der Waals surface area (Å²) in [4.78, 5) is 19.4. The molecule has 0 aliphatic carbocycles. The smallest absolute Gasteiger partial charge is 0.222 e. The Morgan fingerprint density at radius 2 is 1.93 bits per heavy atom. The molecule has 2 aromatic rings. The van der Waals surface area contributed by atoms with E-state index in [1.54, 1.807) is 0 Å². The van der Waals surface area contributed by atoms with Crippen molar-refractivity contribution in [1.82, 2.24) is 9.88 Å². The molecule has 1 atom stereocenters. The summed E-state index contributed by atoms with van der Waals surface area (Å²) >= 11 is 0. The van der Waals surface area contributed by atoms with Crippen LogP contribution in [0.2, 0.25) is 0 Å². The summed E-state index contributed by atoms with van der Waals surface area (Å²) in [5.74, 6) is 1.53. The maximum atomic E-state index is 12.7. The van der Waals surface area contributed by atoms with Crippen LogP contribution in [0, 0.1) is 11.8 Å². The van der Waals surface area contributed by atoms with Gasteiger partial charge in [-0.3, -0.25) is 9.78 Å². The number of fused-ring (bicyclic) bond motifs is 1. The van der Waals surface area contributed by atoms with E-state index < -0.39 is 0 Å². The van der Waals surface area contributed by atoms with E-state index >= 15 is 0 Å². The summed E-state index contributed by atoms with van der Waals surface area (Å²) in [5, 5.41) is 1.22. The SMILES string of the molecule is O=C(CC1CCOCC1)N1CCC[C@@H](Cc2cnc3ccccc3c2)CC1. The minimum atomic E-state index is 0.356. The molecule has 3 heterocycles. The summed E-state index contributed by atoms with van der Waals surface area (Å²) in [6, 6.07) is 10.6. The molecule has 0 bridgehead atoms. The number of carbonyl (C=O) groups excluding carboxylic acids is 1. The number of likely N-dealkylation sites (tertiary alicyclic amines) is 1. The standard InChI is InChI=1S/C23H30N2O2/c26-23(16-19-8-12-27-13-9-19)25-10-3-4-18(7-11-25)14-20-15-21-5-1-2-6-22(21)24-17-20/h1-2,5-6,15,17-19H,3-4,7-14,16H2/t18-/m1/s1. The molecule has 2 fully saturated rings. The molecule has 0 N–H and O–H groups in total. The van der Waals surface area contributed by atoms with Crippen molar-refractivity contribution in [3.05, 3.63) is 42.1 Å². The lowest BCUT2D eigenvalue weighted by atomic mass is 9.93. The maximum Gasteiger partial charge on any atom is 0.222 e. The lowest BCUT2D eigenvalue weighted by Crippen LogP contribution is -2.34. The number of carbonyl (C=O) groups is 1. The Morgan fingerprint density at radius 3 is 2.81 bits per heavy atom. The predicted octanol–water partition coefficient (Wildman–Crippen LogP) is 4.22. The van der Waals surface area contributed by atoms with Crippen LogP contribution in [0.15, 0.2) is 36.5 Å². The van der Waals surface area contributed by atoms with Crippen molar-refractivity contribution < 1.29 is 9.53 Å². The number of amides is 1. The van der Waals surface area contributed by atoms with E-state index in [1.165, 1.54) is 17.4 Å². The number of aromatic nitrogens is 1. The van der Waals surface area contributed by atoms with E-state index in [9.17, 15) is 4.79 Å². The van der Waals surface area contributed by atoms with Gasteiger partial charge in [0, 0.05) is 44.3 Å². The second-order valence-corrected chi connectivity index (χ2v) is 8.18. The number of nitrogens with zero attached hydrogens (tertiary/aromatic N) is 2. The van der Waals surface area contributed by atoms with Gasteiger partial charge < -0.3 is 9.64 Å². The van der Waals surface area contributed by atoms with Crippen LogP contribution in [-0.2, 0) is 16.0 Å². The van der Waals surface area contributed by atoms with Crippen molar-refractivity contribution in [1.29, 1.82) is 0 Å². The monoisotopic (exact) mass is 366 g/mol. The van der Waals surface area contributed by atoms with Crippen molar-refractivity contribution in [2.24, 2.45) is 11.8 Å². The topological polar surface area (TPSA) is 42.4 Å². The zero-order valence-corrected chi connectivity index (χ0v) is 16.1. The number of rotatable bonds is 4. The third-order valence-corrected chi connectivity index (χ3v) is 6.18. The molecule has 0 radical (unpaired) electrons. The van der Waals surface area contributed by atoms with Crippen LogP contribution in [0.4, 0.5) is 0 Å². The number of hydrogen-bond acceptors (Lipinski definition) is 3. The summed E-state index contributed by atoms with van der Waals surface area (Å²) in [6.45, 7) is 3.47. The average Bonchev–Trinajstić information content (AvgIpc) is 2.94. The van der Waals surface area contributed by atoms with Gasteiger partial charge in [0.15, 0.2) is 0 Å². The molecular weight excluding hydrogens is 336 g/mol. The molecule has 4 heteroatoms. The van der Waals surface area contributed by atoms with Crippen molar-refractivity contribution in [3.8, 4) is 0 Å². The van der Waals surface area contributed by atoms with Gasteiger partial charge in [-0.1, -0.05) is 18.2 Å². The minimum absolute atomic E-state index is 0.356. The molecule has 0 unspecified atom stereocenters. The van der Waals surface area contributed by atoms with E-state index in [-0.39, 0.29) is 0 Å². The van der Waals surface area contributed by atoms with E-state index in [2.05, 4.69) is 34.1 Å². The van der Waals surface area contributed by atoms with Gasteiger partial charge in [-0.05, 0) is 68.1 Å².